The number of nitrogens with two attached hydrogens (primary N) is 1. The molecule has 1 heterocycles. The van der Waals surface area contributed by atoms with E-state index in [9.17, 15) is 14.4 Å². The van der Waals surface area contributed by atoms with Gasteiger partial charge in [-0.25, -0.2) is 4.79 Å². The standard InChI is InChI=1S/C21H23ClN4O5/c1-30-17-11-13(10-14(22)19(17)31-12-18(23)27)20(28)24-15-6-2-3-7-16(15)25-21(29)26-8-4-5-9-26/h2-3,6-7,10-11H,4-5,8-9,12H2,1H3,(H2,23,27)(H,24,28)(H,25,29). The lowest BCUT2D eigenvalue weighted by atomic mass is 10.1. The number of amides is 4. The second kappa shape index (κ2) is 10.0. The van der Waals surface area contributed by atoms with E-state index >= 15 is 0 Å². The molecule has 4 amide bonds. The number of para-hydroxylation sites is 2. The van der Waals surface area contributed by atoms with Gasteiger partial charge >= 0.3 is 6.03 Å². The van der Waals surface area contributed by atoms with E-state index in [0.29, 0.717) is 24.5 Å². The average Bonchev–Trinajstić information content (AvgIpc) is 3.28. The molecule has 0 bridgehead atoms. The molecule has 0 unspecified atom stereocenters. The molecule has 0 aliphatic carbocycles. The summed E-state index contributed by atoms with van der Waals surface area (Å²) in [5.41, 5.74) is 6.21. The third-order valence-corrected chi connectivity index (χ3v) is 4.94. The minimum Gasteiger partial charge on any atom is -0.493 e. The van der Waals surface area contributed by atoms with Crippen LogP contribution in [0.1, 0.15) is 23.2 Å². The largest absolute Gasteiger partial charge is 0.493 e. The number of nitrogens with one attached hydrogen (secondary N) is 2. The molecule has 0 aromatic heterocycles. The fraction of sp³-hybridized carbons (Fsp3) is 0.286. The molecule has 3 rings (SSSR count). The van der Waals surface area contributed by atoms with E-state index in [0.717, 1.165) is 12.8 Å². The van der Waals surface area contributed by atoms with Crippen LogP contribution in [-0.2, 0) is 4.79 Å². The van der Waals surface area contributed by atoms with Crippen LogP contribution < -0.4 is 25.8 Å². The Hall–Kier alpha value is -3.46. The number of carbonyl (C=O) groups is 3. The van der Waals surface area contributed by atoms with Gasteiger partial charge in [-0.3, -0.25) is 9.59 Å². The van der Waals surface area contributed by atoms with E-state index in [1.54, 1.807) is 29.2 Å². The number of hydrogen-bond acceptors (Lipinski definition) is 5. The van der Waals surface area contributed by atoms with Gasteiger partial charge in [-0.1, -0.05) is 23.7 Å². The molecule has 1 aliphatic heterocycles. The SMILES string of the molecule is COc1cc(C(=O)Nc2ccccc2NC(=O)N2CCCC2)cc(Cl)c1OCC(N)=O. The number of ether oxygens (including phenoxy) is 2. The molecule has 0 spiro atoms. The Bertz CT molecular complexity index is 992. The Kier molecular flexibility index (Phi) is 7.19. The molecule has 0 atom stereocenters. The van der Waals surface area contributed by atoms with E-state index < -0.39 is 11.8 Å². The average molecular weight is 447 g/mol. The minimum absolute atomic E-state index is 0.0846. The number of likely N-dealkylation sites (tertiary alicyclic amines) is 1. The van der Waals surface area contributed by atoms with E-state index in [2.05, 4.69) is 10.6 Å². The summed E-state index contributed by atoms with van der Waals surface area (Å²) in [6, 6.07) is 9.51. The first-order valence-electron chi connectivity index (χ1n) is 9.64. The van der Waals surface area contributed by atoms with Gasteiger partial charge in [-0.2, -0.15) is 0 Å². The number of urea groups is 1. The number of anilines is 2. The smallest absolute Gasteiger partial charge is 0.321 e. The molecular weight excluding hydrogens is 424 g/mol. The molecule has 1 saturated heterocycles. The minimum atomic E-state index is -0.674. The van der Waals surface area contributed by atoms with E-state index in [1.807, 2.05) is 0 Å². The number of benzene rings is 2. The molecule has 31 heavy (non-hydrogen) atoms. The van der Waals surface area contributed by atoms with Crippen LogP contribution in [0.5, 0.6) is 11.5 Å². The Labute approximate surface area is 184 Å². The highest BCUT2D eigenvalue weighted by molar-refractivity contribution is 6.33. The van der Waals surface area contributed by atoms with Crippen molar-refractivity contribution < 1.29 is 23.9 Å². The van der Waals surface area contributed by atoms with Crippen molar-refractivity contribution in [2.75, 3.05) is 37.4 Å². The number of methoxy groups -OCH3 is 1. The van der Waals surface area contributed by atoms with E-state index in [-0.39, 0.29) is 34.7 Å². The highest BCUT2D eigenvalue weighted by Crippen LogP contribution is 2.36. The maximum atomic E-state index is 12.8. The van der Waals surface area contributed by atoms with Crippen molar-refractivity contribution in [1.82, 2.24) is 4.90 Å². The Balaban J connectivity index is 1.78. The van der Waals surface area contributed by atoms with Crippen LogP contribution in [0.2, 0.25) is 5.02 Å². The molecular formula is C21H23ClN4O5. The summed E-state index contributed by atoms with van der Waals surface area (Å²) in [6.45, 7) is 1.04. The summed E-state index contributed by atoms with van der Waals surface area (Å²) in [4.78, 5) is 38.0. The van der Waals surface area contributed by atoms with Crippen molar-refractivity contribution in [1.29, 1.82) is 0 Å². The van der Waals surface area contributed by atoms with Gasteiger partial charge in [0.25, 0.3) is 11.8 Å². The van der Waals surface area contributed by atoms with Crippen molar-refractivity contribution in [3.05, 3.63) is 47.0 Å². The molecule has 0 saturated carbocycles. The molecule has 10 heteroatoms. The molecule has 4 N–H and O–H groups in total. The second-order valence-electron chi connectivity index (χ2n) is 6.87. The number of rotatable bonds is 7. The predicted molar refractivity (Wildman–Crippen MR) is 117 cm³/mol. The number of halogens is 1. The second-order valence-corrected chi connectivity index (χ2v) is 7.28. The number of nitrogens with zero attached hydrogens (tertiary/aromatic N) is 1. The van der Waals surface area contributed by atoms with Gasteiger partial charge in [-0.15, -0.1) is 0 Å². The fourth-order valence-electron chi connectivity index (χ4n) is 3.14. The molecule has 1 fully saturated rings. The van der Waals surface area contributed by atoms with Gasteiger partial charge in [0, 0.05) is 18.7 Å². The van der Waals surface area contributed by atoms with Crippen LogP contribution in [0.15, 0.2) is 36.4 Å². The van der Waals surface area contributed by atoms with Crippen LogP contribution in [-0.4, -0.2) is 49.6 Å². The van der Waals surface area contributed by atoms with Gasteiger partial charge in [0.05, 0.1) is 23.5 Å². The van der Waals surface area contributed by atoms with Gasteiger partial charge in [0.1, 0.15) is 0 Å². The van der Waals surface area contributed by atoms with Gasteiger partial charge < -0.3 is 30.7 Å². The van der Waals surface area contributed by atoms with Crippen molar-refractivity contribution in [2.24, 2.45) is 5.73 Å². The van der Waals surface area contributed by atoms with Gasteiger partial charge in [-0.05, 0) is 37.1 Å². The van der Waals surface area contributed by atoms with Crippen LogP contribution in [0.3, 0.4) is 0 Å². The monoisotopic (exact) mass is 446 g/mol. The fourth-order valence-corrected chi connectivity index (χ4v) is 3.41. The summed E-state index contributed by atoms with van der Waals surface area (Å²) in [6.07, 6.45) is 1.96. The third kappa shape index (κ3) is 5.58. The summed E-state index contributed by atoms with van der Waals surface area (Å²) in [5.74, 6) is -0.857. The lowest BCUT2D eigenvalue weighted by Gasteiger charge is -2.18. The summed E-state index contributed by atoms with van der Waals surface area (Å²) in [5, 5.41) is 5.69. The van der Waals surface area contributed by atoms with E-state index in [1.165, 1.54) is 19.2 Å². The van der Waals surface area contributed by atoms with Crippen molar-refractivity contribution in [3.8, 4) is 11.5 Å². The quantitative estimate of drug-likeness (QED) is 0.603. The normalized spacial score (nSPS) is 12.9. The van der Waals surface area contributed by atoms with Crippen LogP contribution >= 0.6 is 11.6 Å². The molecule has 0 radical (unpaired) electrons. The maximum absolute atomic E-state index is 12.8. The Morgan fingerprint density at radius 3 is 2.35 bits per heavy atom. The molecule has 1 aliphatic rings. The van der Waals surface area contributed by atoms with Crippen LogP contribution in [0.4, 0.5) is 16.2 Å². The highest BCUT2D eigenvalue weighted by Gasteiger charge is 2.20. The number of hydrogen-bond donors (Lipinski definition) is 3. The molecule has 164 valence electrons. The first-order chi connectivity index (χ1) is 14.9. The number of carbonyl (C=O) groups excluding carboxylic acids is 3. The molecule has 2 aromatic carbocycles. The summed E-state index contributed by atoms with van der Waals surface area (Å²) in [7, 11) is 1.38. The van der Waals surface area contributed by atoms with Crippen molar-refractivity contribution in [3.63, 3.8) is 0 Å². The van der Waals surface area contributed by atoms with Crippen LogP contribution in [0, 0.1) is 0 Å². The lowest BCUT2D eigenvalue weighted by Crippen LogP contribution is -2.32. The molecule has 9 nitrogen and oxygen atoms in total. The lowest BCUT2D eigenvalue weighted by molar-refractivity contribution is -0.119. The number of primary amides is 1. The maximum Gasteiger partial charge on any atom is 0.321 e. The summed E-state index contributed by atoms with van der Waals surface area (Å²) < 4.78 is 10.5. The zero-order valence-electron chi connectivity index (χ0n) is 16.9. The Morgan fingerprint density at radius 2 is 1.74 bits per heavy atom. The van der Waals surface area contributed by atoms with Crippen molar-refractivity contribution >= 4 is 40.8 Å². The van der Waals surface area contributed by atoms with Gasteiger partial charge in [0.2, 0.25) is 0 Å². The summed E-state index contributed by atoms with van der Waals surface area (Å²) >= 11 is 6.22. The first-order valence-corrected chi connectivity index (χ1v) is 10.0. The Morgan fingerprint density at radius 1 is 1.10 bits per heavy atom. The van der Waals surface area contributed by atoms with Crippen LogP contribution in [0.25, 0.3) is 0 Å². The van der Waals surface area contributed by atoms with Gasteiger partial charge in [0.15, 0.2) is 18.1 Å². The zero-order valence-corrected chi connectivity index (χ0v) is 17.7. The van der Waals surface area contributed by atoms with E-state index in [4.69, 9.17) is 26.8 Å². The third-order valence-electron chi connectivity index (χ3n) is 4.66. The van der Waals surface area contributed by atoms with Crippen molar-refractivity contribution in [2.45, 2.75) is 12.8 Å². The predicted octanol–water partition coefficient (Wildman–Crippen LogP) is 3.09. The highest BCUT2D eigenvalue weighted by atomic mass is 35.5. The topological polar surface area (TPSA) is 123 Å². The first kappa shape index (κ1) is 22.2. The molecule has 2 aromatic rings. The zero-order chi connectivity index (χ0) is 22.4.